The van der Waals surface area contributed by atoms with Crippen LogP contribution in [0.4, 0.5) is 0 Å². The van der Waals surface area contributed by atoms with Crippen LogP contribution in [0.15, 0.2) is 18.2 Å². The van der Waals surface area contributed by atoms with E-state index in [9.17, 15) is 14.7 Å². The standard InChI is InChI=1S/C14H17BrO5/c1-2-20-12(16)6-5-10-4-3-9(8-15)7-11(10)13(17)14(18)19/h3-4,7,13,17H,2,5-6,8H2,1H3,(H,18,19). The first-order chi connectivity index (χ1) is 9.49. The molecule has 0 aliphatic heterocycles. The Balaban J connectivity index is 2.93. The molecule has 0 heterocycles. The third-order valence-electron chi connectivity index (χ3n) is 2.80. The monoisotopic (exact) mass is 344 g/mol. The largest absolute Gasteiger partial charge is 0.479 e. The molecule has 0 bridgehead atoms. The predicted octanol–water partition coefficient (Wildman–Crippen LogP) is 2.20. The number of benzene rings is 1. The maximum Gasteiger partial charge on any atom is 0.337 e. The highest BCUT2D eigenvalue weighted by Gasteiger charge is 2.20. The van der Waals surface area contributed by atoms with Gasteiger partial charge in [-0.1, -0.05) is 34.1 Å². The van der Waals surface area contributed by atoms with Crippen LogP contribution in [-0.2, 0) is 26.1 Å². The Morgan fingerprint density at radius 2 is 2.10 bits per heavy atom. The fourth-order valence-electron chi connectivity index (χ4n) is 1.81. The Morgan fingerprint density at radius 1 is 1.40 bits per heavy atom. The van der Waals surface area contributed by atoms with Crippen molar-refractivity contribution in [1.29, 1.82) is 0 Å². The Hall–Kier alpha value is -1.40. The normalized spacial score (nSPS) is 11.9. The number of rotatable bonds is 7. The molecule has 0 spiro atoms. The second kappa shape index (κ2) is 8.01. The molecular weight excluding hydrogens is 328 g/mol. The Kier molecular flexibility index (Phi) is 6.67. The van der Waals surface area contributed by atoms with Crippen LogP contribution in [0.2, 0.25) is 0 Å². The third-order valence-corrected chi connectivity index (χ3v) is 3.44. The van der Waals surface area contributed by atoms with Crippen LogP contribution in [0.3, 0.4) is 0 Å². The summed E-state index contributed by atoms with van der Waals surface area (Å²) in [5.74, 6) is -1.65. The van der Waals surface area contributed by atoms with Gasteiger partial charge in [-0.3, -0.25) is 4.79 Å². The van der Waals surface area contributed by atoms with E-state index in [2.05, 4.69) is 15.9 Å². The van der Waals surface area contributed by atoms with Crippen molar-refractivity contribution < 1.29 is 24.5 Å². The van der Waals surface area contributed by atoms with Gasteiger partial charge in [0.25, 0.3) is 0 Å². The smallest absolute Gasteiger partial charge is 0.337 e. The quantitative estimate of drug-likeness (QED) is 0.585. The summed E-state index contributed by atoms with van der Waals surface area (Å²) >= 11 is 3.28. The van der Waals surface area contributed by atoms with E-state index >= 15 is 0 Å². The van der Waals surface area contributed by atoms with Gasteiger partial charge < -0.3 is 14.9 Å². The lowest BCUT2D eigenvalue weighted by Crippen LogP contribution is -2.14. The zero-order valence-corrected chi connectivity index (χ0v) is 12.7. The fourth-order valence-corrected chi connectivity index (χ4v) is 2.16. The number of carboxylic acid groups (broad SMARTS) is 1. The molecule has 0 amide bonds. The SMILES string of the molecule is CCOC(=O)CCc1ccc(CBr)cc1C(O)C(=O)O. The van der Waals surface area contributed by atoms with Crippen molar-refractivity contribution in [3.8, 4) is 0 Å². The number of carboxylic acids is 1. The van der Waals surface area contributed by atoms with Crippen molar-refractivity contribution in [3.05, 3.63) is 34.9 Å². The lowest BCUT2D eigenvalue weighted by molar-refractivity contribution is -0.147. The van der Waals surface area contributed by atoms with E-state index in [1.165, 1.54) is 0 Å². The van der Waals surface area contributed by atoms with Crippen molar-refractivity contribution in [2.75, 3.05) is 6.61 Å². The number of aryl methyl sites for hydroxylation is 1. The number of carbonyl (C=O) groups excluding carboxylic acids is 1. The van der Waals surface area contributed by atoms with Crippen LogP contribution in [0.5, 0.6) is 0 Å². The van der Waals surface area contributed by atoms with Crippen LogP contribution in [0.1, 0.15) is 36.1 Å². The second-order valence-electron chi connectivity index (χ2n) is 4.21. The van der Waals surface area contributed by atoms with E-state index in [0.29, 0.717) is 29.5 Å². The second-order valence-corrected chi connectivity index (χ2v) is 4.77. The van der Waals surface area contributed by atoms with Gasteiger partial charge >= 0.3 is 11.9 Å². The van der Waals surface area contributed by atoms with Gasteiger partial charge in [0.1, 0.15) is 0 Å². The molecule has 1 rings (SSSR count). The van der Waals surface area contributed by atoms with E-state index in [-0.39, 0.29) is 12.4 Å². The molecule has 110 valence electrons. The van der Waals surface area contributed by atoms with Crippen LogP contribution in [0.25, 0.3) is 0 Å². The van der Waals surface area contributed by atoms with E-state index in [1.807, 2.05) is 6.07 Å². The number of hydrogen-bond acceptors (Lipinski definition) is 4. The van der Waals surface area contributed by atoms with Crippen LogP contribution >= 0.6 is 15.9 Å². The summed E-state index contributed by atoms with van der Waals surface area (Å²) in [6, 6.07) is 5.19. The van der Waals surface area contributed by atoms with Crippen molar-refractivity contribution in [3.63, 3.8) is 0 Å². The minimum Gasteiger partial charge on any atom is -0.479 e. The highest BCUT2D eigenvalue weighted by molar-refractivity contribution is 9.08. The molecule has 0 aliphatic carbocycles. The number of ether oxygens (including phenoxy) is 1. The molecule has 0 aromatic heterocycles. The number of esters is 1. The molecule has 20 heavy (non-hydrogen) atoms. The number of halogens is 1. The zero-order chi connectivity index (χ0) is 15.1. The molecule has 1 atom stereocenters. The Labute approximate surface area is 125 Å². The average Bonchev–Trinajstić information content (AvgIpc) is 2.44. The highest BCUT2D eigenvalue weighted by Crippen LogP contribution is 2.23. The Bertz CT molecular complexity index is 486. The van der Waals surface area contributed by atoms with Crippen molar-refractivity contribution >= 4 is 27.9 Å². The molecule has 0 fully saturated rings. The summed E-state index contributed by atoms with van der Waals surface area (Å²) in [5, 5.41) is 19.2. The van der Waals surface area contributed by atoms with Gasteiger partial charge in [-0.15, -0.1) is 0 Å². The van der Waals surface area contributed by atoms with Crippen LogP contribution in [0, 0.1) is 0 Å². The molecular formula is C14H17BrO5. The summed E-state index contributed by atoms with van der Waals surface area (Å²) in [6.07, 6.45) is -1.10. The van der Waals surface area contributed by atoms with Crippen molar-refractivity contribution in [1.82, 2.24) is 0 Å². The molecule has 0 saturated carbocycles. The molecule has 1 aromatic rings. The fraction of sp³-hybridized carbons (Fsp3) is 0.429. The molecule has 2 N–H and O–H groups in total. The molecule has 6 heteroatoms. The first-order valence-corrected chi connectivity index (χ1v) is 7.35. The molecule has 0 radical (unpaired) electrons. The summed E-state index contributed by atoms with van der Waals surface area (Å²) in [6.45, 7) is 2.04. The number of aliphatic hydroxyl groups excluding tert-OH is 1. The molecule has 0 saturated heterocycles. The van der Waals surface area contributed by atoms with Crippen molar-refractivity contribution in [2.45, 2.75) is 31.2 Å². The topological polar surface area (TPSA) is 83.8 Å². The molecule has 5 nitrogen and oxygen atoms in total. The lowest BCUT2D eigenvalue weighted by Gasteiger charge is -2.13. The minimum absolute atomic E-state index is 0.154. The number of alkyl halides is 1. The van der Waals surface area contributed by atoms with Gasteiger partial charge in [0.2, 0.25) is 0 Å². The Morgan fingerprint density at radius 3 is 2.65 bits per heavy atom. The van der Waals surface area contributed by atoms with Crippen LogP contribution in [-0.4, -0.2) is 28.8 Å². The van der Waals surface area contributed by atoms with E-state index < -0.39 is 12.1 Å². The van der Waals surface area contributed by atoms with Crippen molar-refractivity contribution in [2.24, 2.45) is 0 Å². The van der Waals surface area contributed by atoms with E-state index in [0.717, 1.165) is 5.56 Å². The minimum atomic E-state index is -1.59. The van der Waals surface area contributed by atoms with E-state index in [4.69, 9.17) is 9.84 Å². The maximum absolute atomic E-state index is 11.3. The van der Waals surface area contributed by atoms with Gasteiger partial charge in [0.05, 0.1) is 6.61 Å². The van der Waals surface area contributed by atoms with E-state index in [1.54, 1.807) is 19.1 Å². The number of hydrogen-bond donors (Lipinski definition) is 2. The van der Waals surface area contributed by atoms with Gasteiger partial charge in [-0.25, -0.2) is 4.79 Å². The van der Waals surface area contributed by atoms with Crippen LogP contribution < -0.4 is 0 Å². The van der Waals surface area contributed by atoms with Gasteiger partial charge in [-0.05, 0) is 30.0 Å². The summed E-state index contributed by atoms with van der Waals surface area (Å²) in [4.78, 5) is 22.3. The van der Waals surface area contributed by atoms with Gasteiger partial charge in [0.15, 0.2) is 6.10 Å². The van der Waals surface area contributed by atoms with Gasteiger partial charge in [0, 0.05) is 11.8 Å². The van der Waals surface area contributed by atoms with Gasteiger partial charge in [-0.2, -0.15) is 0 Å². The molecule has 1 aromatic carbocycles. The number of aliphatic hydroxyl groups is 1. The maximum atomic E-state index is 11.3. The summed E-state index contributed by atoms with van der Waals surface area (Å²) in [7, 11) is 0. The first-order valence-electron chi connectivity index (χ1n) is 6.23. The predicted molar refractivity (Wildman–Crippen MR) is 76.6 cm³/mol. The first kappa shape index (κ1) is 16.7. The molecule has 0 aliphatic rings. The lowest BCUT2D eigenvalue weighted by atomic mass is 9.96. The molecule has 1 unspecified atom stereocenters. The number of carbonyl (C=O) groups is 2. The number of aliphatic carboxylic acids is 1. The average molecular weight is 345 g/mol. The zero-order valence-electron chi connectivity index (χ0n) is 11.1. The summed E-state index contributed by atoms with van der Waals surface area (Å²) < 4.78 is 4.83. The summed E-state index contributed by atoms with van der Waals surface area (Å²) in [5.41, 5.74) is 1.82. The third kappa shape index (κ3) is 4.61. The highest BCUT2D eigenvalue weighted by atomic mass is 79.9.